The summed E-state index contributed by atoms with van der Waals surface area (Å²) >= 11 is 0. The molecule has 1 aliphatic rings. The third kappa shape index (κ3) is 2.85. The quantitative estimate of drug-likeness (QED) is 0.865. The first kappa shape index (κ1) is 13.9. The summed E-state index contributed by atoms with van der Waals surface area (Å²) in [4.78, 5) is 10.1. The largest absolute Gasteiger partial charge is 0.628 e. The van der Waals surface area contributed by atoms with E-state index in [1.54, 1.807) is 6.07 Å². The van der Waals surface area contributed by atoms with Crippen molar-refractivity contribution in [3.05, 3.63) is 58.5 Å². The van der Waals surface area contributed by atoms with Crippen molar-refractivity contribution in [3.63, 3.8) is 0 Å². The summed E-state index contributed by atoms with van der Waals surface area (Å²) in [5.74, 6) is 0.180. The second-order valence-corrected chi connectivity index (χ2v) is 4.97. The van der Waals surface area contributed by atoms with Gasteiger partial charge in [-0.1, -0.05) is 12.1 Å². The number of aromatic nitrogens is 2. The van der Waals surface area contributed by atoms with E-state index in [0.29, 0.717) is 5.95 Å². The minimum Gasteiger partial charge on any atom is -0.628 e. The highest BCUT2D eigenvalue weighted by Crippen LogP contribution is 2.34. The standard InChI is InChI=1S/C14H14FN4O2/c15-11-4-1-3-10(7-11)13-5-2-6-18(13)14-16-8-12(9-17-14)19(20)21/h1,3-4,7-9,13,19H,2,5-6H2/q-1/t13-/m1/s1. The molecule has 0 amide bonds. The van der Waals surface area contributed by atoms with Crippen molar-refractivity contribution in [3.8, 4) is 0 Å². The second-order valence-electron chi connectivity index (χ2n) is 4.97. The van der Waals surface area contributed by atoms with Crippen LogP contribution in [0.4, 0.5) is 16.0 Å². The second kappa shape index (κ2) is 5.72. The van der Waals surface area contributed by atoms with Gasteiger partial charge in [-0.05, 0) is 30.5 Å². The summed E-state index contributed by atoms with van der Waals surface area (Å²) < 4.78 is 13.4. The van der Waals surface area contributed by atoms with Crippen LogP contribution in [-0.4, -0.2) is 16.5 Å². The Kier molecular flexibility index (Phi) is 3.78. The van der Waals surface area contributed by atoms with Crippen LogP contribution >= 0.6 is 0 Å². The maximum absolute atomic E-state index is 13.4. The zero-order valence-corrected chi connectivity index (χ0v) is 11.2. The van der Waals surface area contributed by atoms with Crippen molar-refractivity contribution < 1.29 is 9.62 Å². The van der Waals surface area contributed by atoms with Gasteiger partial charge < -0.3 is 20.5 Å². The molecule has 21 heavy (non-hydrogen) atoms. The van der Waals surface area contributed by atoms with Gasteiger partial charge in [0, 0.05) is 6.54 Å². The Morgan fingerprint density at radius 2 is 2.00 bits per heavy atom. The molecule has 6 nitrogen and oxygen atoms in total. The molecule has 7 heteroatoms. The zero-order chi connectivity index (χ0) is 14.8. The summed E-state index contributed by atoms with van der Waals surface area (Å²) in [5.41, 5.74) is 0.820. The lowest BCUT2D eigenvalue weighted by molar-refractivity contribution is -0.715. The molecule has 0 saturated carbocycles. The molecule has 1 saturated heterocycles. The predicted octanol–water partition coefficient (Wildman–Crippen LogP) is 1.47. The number of hydrogen-bond acceptors (Lipinski definition) is 5. The van der Waals surface area contributed by atoms with Crippen LogP contribution in [0.5, 0.6) is 0 Å². The van der Waals surface area contributed by atoms with Crippen LogP contribution in [0.15, 0.2) is 36.7 Å². The van der Waals surface area contributed by atoms with Crippen molar-refractivity contribution >= 4 is 11.6 Å². The van der Waals surface area contributed by atoms with Gasteiger partial charge >= 0.3 is 0 Å². The molecule has 3 rings (SSSR count). The topological polar surface area (TPSA) is 79.6 Å². The number of halogens is 1. The molecular weight excluding hydrogens is 275 g/mol. The fourth-order valence-electron chi connectivity index (χ4n) is 2.64. The predicted molar refractivity (Wildman–Crippen MR) is 75.1 cm³/mol. The molecule has 0 spiro atoms. The molecule has 0 unspecified atom stereocenters. The minimum absolute atomic E-state index is 0.00880. The molecule has 0 bridgehead atoms. The molecular formula is C14H14FN4O2-. The van der Waals surface area contributed by atoms with Crippen molar-refractivity contribution in [2.24, 2.45) is 0 Å². The summed E-state index contributed by atoms with van der Waals surface area (Å²) in [7, 11) is 0. The number of benzene rings is 1. The van der Waals surface area contributed by atoms with Gasteiger partial charge in [-0.3, -0.25) is 0 Å². The molecule has 1 aromatic heterocycles. The van der Waals surface area contributed by atoms with Crippen LogP contribution in [0.1, 0.15) is 24.4 Å². The molecule has 0 aliphatic carbocycles. The molecule has 1 atom stereocenters. The lowest BCUT2D eigenvalue weighted by Gasteiger charge is -2.27. The highest BCUT2D eigenvalue weighted by atomic mass is 19.1. The van der Waals surface area contributed by atoms with Crippen molar-refractivity contribution in [1.82, 2.24) is 9.97 Å². The van der Waals surface area contributed by atoms with Crippen molar-refractivity contribution in [1.29, 1.82) is 0 Å². The summed E-state index contributed by atoms with van der Waals surface area (Å²) in [5, 5.41) is 20.1. The van der Waals surface area contributed by atoms with E-state index in [1.807, 2.05) is 11.0 Å². The SMILES string of the molecule is [O-][NH+]([O-])c1cnc(N2CCC[C@@H]2c2cccc(F)c2)nc1. The zero-order valence-electron chi connectivity index (χ0n) is 11.2. The average molecular weight is 289 g/mol. The van der Waals surface area contributed by atoms with Crippen LogP contribution in [-0.2, 0) is 0 Å². The maximum atomic E-state index is 13.4. The number of anilines is 1. The van der Waals surface area contributed by atoms with Gasteiger partial charge in [0.15, 0.2) is 5.69 Å². The van der Waals surface area contributed by atoms with E-state index in [-0.39, 0.29) is 17.5 Å². The fraction of sp³-hybridized carbons (Fsp3) is 0.286. The van der Waals surface area contributed by atoms with Gasteiger partial charge in [-0.2, -0.15) is 0 Å². The monoisotopic (exact) mass is 289 g/mol. The Morgan fingerprint density at radius 1 is 1.24 bits per heavy atom. The molecule has 1 aliphatic heterocycles. The molecule has 2 heterocycles. The number of hydrogen-bond donors (Lipinski definition) is 1. The Balaban J connectivity index is 1.87. The molecule has 1 aromatic carbocycles. The van der Waals surface area contributed by atoms with Crippen molar-refractivity contribution in [2.45, 2.75) is 18.9 Å². The van der Waals surface area contributed by atoms with E-state index in [1.165, 1.54) is 24.5 Å². The lowest BCUT2D eigenvalue weighted by Crippen LogP contribution is -2.96. The first-order valence-electron chi connectivity index (χ1n) is 6.70. The Hall–Kier alpha value is -2.09. The minimum atomic E-state index is -1.30. The van der Waals surface area contributed by atoms with Crippen molar-refractivity contribution in [2.75, 3.05) is 11.4 Å². The molecule has 0 radical (unpaired) electrons. The van der Waals surface area contributed by atoms with Gasteiger partial charge in [-0.15, -0.1) is 0 Å². The van der Waals surface area contributed by atoms with E-state index < -0.39 is 5.23 Å². The number of quaternary nitrogens is 1. The highest BCUT2D eigenvalue weighted by Gasteiger charge is 2.28. The molecule has 1 fully saturated rings. The summed E-state index contributed by atoms with van der Waals surface area (Å²) in [6.45, 7) is 0.756. The van der Waals surface area contributed by atoms with Gasteiger partial charge in [0.05, 0.1) is 18.4 Å². The third-order valence-electron chi connectivity index (χ3n) is 3.62. The number of nitrogens with zero attached hydrogens (tertiary/aromatic N) is 3. The lowest BCUT2D eigenvalue weighted by atomic mass is 10.0. The summed E-state index contributed by atoms with van der Waals surface area (Å²) in [6.07, 6.45) is 4.30. The smallest absolute Gasteiger partial charge is 0.226 e. The third-order valence-corrected chi connectivity index (χ3v) is 3.62. The van der Waals surface area contributed by atoms with E-state index in [2.05, 4.69) is 9.97 Å². The van der Waals surface area contributed by atoms with Crippen LogP contribution in [0.3, 0.4) is 0 Å². The molecule has 2 aromatic rings. The van der Waals surface area contributed by atoms with Crippen LogP contribution in [0.25, 0.3) is 0 Å². The van der Waals surface area contributed by atoms with E-state index in [4.69, 9.17) is 0 Å². The van der Waals surface area contributed by atoms with Crippen LogP contribution in [0, 0.1) is 16.2 Å². The van der Waals surface area contributed by atoms with Crippen LogP contribution < -0.4 is 10.1 Å². The van der Waals surface area contributed by atoms with E-state index >= 15 is 0 Å². The first-order chi connectivity index (χ1) is 10.1. The van der Waals surface area contributed by atoms with Gasteiger partial charge in [0.25, 0.3) is 0 Å². The Labute approximate surface area is 121 Å². The maximum Gasteiger partial charge on any atom is 0.226 e. The van der Waals surface area contributed by atoms with Gasteiger partial charge in [0.1, 0.15) is 5.82 Å². The fourth-order valence-corrected chi connectivity index (χ4v) is 2.64. The van der Waals surface area contributed by atoms with E-state index in [9.17, 15) is 14.8 Å². The first-order valence-corrected chi connectivity index (χ1v) is 6.70. The number of rotatable bonds is 3. The van der Waals surface area contributed by atoms with Gasteiger partial charge in [-0.25, -0.2) is 14.4 Å². The molecule has 110 valence electrons. The highest BCUT2D eigenvalue weighted by molar-refractivity contribution is 5.40. The van der Waals surface area contributed by atoms with Gasteiger partial charge in [0.2, 0.25) is 5.95 Å². The van der Waals surface area contributed by atoms with E-state index in [0.717, 1.165) is 24.9 Å². The average Bonchev–Trinajstić information content (AvgIpc) is 2.97. The van der Waals surface area contributed by atoms with Crippen LogP contribution in [0.2, 0.25) is 0 Å². The number of nitrogens with one attached hydrogen (secondary N) is 1. The Morgan fingerprint density at radius 3 is 2.67 bits per heavy atom. The molecule has 1 N–H and O–H groups in total. The summed E-state index contributed by atoms with van der Waals surface area (Å²) in [6, 6.07) is 6.49. The Bertz CT molecular complexity index is 621. The normalized spacial score (nSPS) is 18.5.